The van der Waals surface area contributed by atoms with E-state index in [2.05, 4.69) is 48.0 Å². The third-order valence-corrected chi connectivity index (χ3v) is 11.9. The topological polar surface area (TPSA) is 209 Å². The second-order valence-electron chi connectivity index (χ2n) is 10.8. The van der Waals surface area contributed by atoms with Crippen molar-refractivity contribution in [2.24, 2.45) is 10.8 Å². The van der Waals surface area contributed by atoms with E-state index in [0.29, 0.717) is 11.3 Å². The fraction of sp³-hybridized carbons (Fsp3) is 0.762. The van der Waals surface area contributed by atoms with Gasteiger partial charge in [-0.2, -0.15) is 9.97 Å². The van der Waals surface area contributed by atoms with Crippen LogP contribution in [0.25, 0.3) is 11.2 Å². The molecule has 0 bridgehead atoms. The van der Waals surface area contributed by atoms with Crippen LogP contribution in [0.4, 0.5) is 5.82 Å². The Morgan fingerprint density at radius 3 is 2.53 bits per heavy atom. The Morgan fingerprint density at radius 2 is 1.89 bits per heavy atom. The highest BCUT2D eigenvalue weighted by molar-refractivity contribution is 7.70. The molecule has 2 aromatic heterocycles. The average Bonchev–Trinajstić information content (AvgIpc) is 3.40. The zero-order valence-corrected chi connectivity index (χ0v) is 24.0. The van der Waals surface area contributed by atoms with Crippen LogP contribution >= 0.6 is 26.8 Å². The van der Waals surface area contributed by atoms with Crippen LogP contribution < -0.4 is 5.32 Å². The normalized spacial score (nSPS) is 33.1. The van der Waals surface area contributed by atoms with Crippen molar-refractivity contribution in [2.75, 3.05) is 17.8 Å². The first kappa shape index (κ1) is 29.8. The van der Waals surface area contributed by atoms with Gasteiger partial charge in [-0.25, -0.2) is 4.98 Å². The standard InChI is InChI=1S/C21H34ClN5O9P2/c1-5-21(4)12(6-7-20(21,2)3)24-16-13-17(26-19(22)25-16)27(9-23-13)18-15(29)14(28)11(36-18)8-35-38(33,34)10-37(30,31)32/h9,11-12,14-15,18,28-29H,5-8,10H2,1-4H3,(H,33,34)(H,24,25,26)(H2,30,31,32)/t11-,12?,14?,15?,18-,21+/m1/s1. The quantitative estimate of drug-likeness (QED) is 0.181. The zero-order chi connectivity index (χ0) is 28.3. The molecule has 38 heavy (non-hydrogen) atoms. The molecule has 4 unspecified atom stereocenters. The van der Waals surface area contributed by atoms with Crippen molar-refractivity contribution in [3.63, 3.8) is 0 Å². The largest absolute Gasteiger partial charge is 0.387 e. The van der Waals surface area contributed by atoms with E-state index < -0.39 is 52.2 Å². The van der Waals surface area contributed by atoms with Gasteiger partial charge in [0.2, 0.25) is 5.28 Å². The average molecular weight is 598 g/mol. The molecule has 2 aliphatic rings. The number of aromatic nitrogens is 4. The van der Waals surface area contributed by atoms with E-state index in [-0.39, 0.29) is 27.8 Å². The minimum absolute atomic E-state index is 0.0205. The summed E-state index contributed by atoms with van der Waals surface area (Å²) in [6.45, 7) is 8.20. The van der Waals surface area contributed by atoms with Crippen LogP contribution in [-0.2, 0) is 18.4 Å². The van der Waals surface area contributed by atoms with Crippen LogP contribution in [0, 0.1) is 10.8 Å². The molecule has 214 valence electrons. The first-order valence-corrected chi connectivity index (χ1v) is 16.1. The minimum atomic E-state index is -4.83. The Morgan fingerprint density at radius 1 is 1.21 bits per heavy atom. The third-order valence-electron chi connectivity index (χ3n) is 8.23. The molecular weight excluding hydrogens is 564 g/mol. The number of ether oxygens (including phenoxy) is 1. The molecule has 3 heterocycles. The molecule has 0 spiro atoms. The number of aliphatic hydroxyl groups is 2. The van der Waals surface area contributed by atoms with Gasteiger partial charge in [-0.3, -0.25) is 13.7 Å². The zero-order valence-electron chi connectivity index (χ0n) is 21.4. The van der Waals surface area contributed by atoms with E-state index in [0.717, 1.165) is 19.3 Å². The molecule has 2 aromatic rings. The van der Waals surface area contributed by atoms with Crippen molar-refractivity contribution in [3.8, 4) is 0 Å². The lowest BCUT2D eigenvalue weighted by Crippen LogP contribution is -2.41. The van der Waals surface area contributed by atoms with Crippen LogP contribution in [0.1, 0.15) is 53.2 Å². The van der Waals surface area contributed by atoms with Crippen molar-refractivity contribution < 1.29 is 43.3 Å². The minimum Gasteiger partial charge on any atom is -0.387 e. The number of anilines is 1. The first-order chi connectivity index (χ1) is 17.5. The highest BCUT2D eigenvalue weighted by atomic mass is 35.5. The number of nitrogens with zero attached hydrogens (tertiary/aromatic N) is 4. The summed E-state index contributed by atoms with van der Waals surface area (Å²) in [5.74, 6) is -0.964. The number of imidazole rings is 1. The molecule has 0 radical (unpaired) electrons. The number of halogens is 1. The Kier molecular flexibility index (Phi) is 8.10. The maximum Gasteiger partial charge on any atom is 0.340 e. The molecule has 1 aliphatic heterocycles. The fourth-order valence-corrected chi connectivity index (χ4v) is 8.17. The van der Waals surface area contributed by atoms with Crippen LogP contribution in [0.15, 0.2) is 6.33 Å². The maximum atomic E-state index is 12.0. The summed E-state index contributed by atoms with van der Waals surface area (Å²) >= 11 is 6.25. The summed E-state index contributed by atoms with van der Waals surface area (Å²) in [7, 11) is -9.51. The Hall–Kier alpha value is -1.18. The lowest BCUT2D eigenvalue weighted by atomic mass is 9.66. The summed E-state index contributed by atoms with van der Waals surface area (Å²) in [5.41, 5.74) is 0.695. The van der Waals surface area contributed by atoms with E-state index in [1.165, 1.54) is 10.9 Å². The molecule has 1 saturated carbocycles. The van der Waals surface area contributed by atoms with Gasteiger partial charge in [-0.15, -0.1) is 0 Å². The highest BCUT2D eigenvalue weighted by Gasteiger charge is 2.51. The van der Waals surface area contributed by atoms with Crippen molar-refractivity contribution in [2.45, 2.75) is 77.5 Å². The number of hydrogen-bond donors (Lipinski definition) is 6. The lowest BCUT2D eigenvalue weighted by molar-refractivity contribution is -0.0483. The SMILES string of the molecule is CC[C@@]1(C)C(Nc2nc(Cl)nc3c2ncn3[C@@H]2O[C@H](COP(=O)(O)CP(=O)(O)O)C(O)C2O)CCC1(C)C. The second kappa shape index (κ2) is 10.3. The number of rotatable bonds is 9. The van der Waals surface area contributed by atoms with Gasteiger partial charge in [0.05, 0.1) is 12.9 Å². The number of fused-ring (bicyclic) bond motifs is 1. The van der Waals surface area contributed by atoms with Crippen molar-refractivity contribution in [3.05, 3.63) is 11.6 Å². The maximum absolute atomic E-state index is 12.0. The molecular formula is C21H34ClN5O9P2. The van der Waals surface area contributed by atoms with Gasteiger partial charge >= 0.3 is 15.2 Å². The Balaban J connectivity index is 1.57. The molecule has 2 fully saturated rings. The Bertz CT molecular complexity index is 1290. The predicted octanol–water partition coefficient (Wildman–Crippen LogP) is 2.45. The van der Waals surface area contributed by atoms with Gasteiger partial charge in [-0.1, -0.05) is 27.7 Å². The monoisotopic (exact) mass is 597 g/mol. The van der Waals surface area contributed by atoms with Gasteiger partial charge in [0.15, 0.2) is 29.1 Å². The Labute approximate surface area is 224 Å². The molecule has 4 rings (SSSR count). The first-order valence-electron chi connectivity index (χ1n) is 12.2. The van der Waals surface area contributed by atoms with E-state index in [4.69, 9.17) is 30.6 Å². The molecule has 1 saturated heterocycles. The van der Waals surface area contributed by atoms with E-state index in [1.807, 2.05) is 0 Å². The van der Waals surface area contributed by atoms with Gasteiger partial charge in [-0.05, 0) is 41.7 Å². The van der Waals surface area contributed by atoms with Crippen LogP contribution in [0.2, 0.25) is 5.28 Å². The molecule has 14 nitrogen and oxygen atoms in total. The predicted molar refractivity (Wildman–Crippen MR) is 138 cm³/mol. The molecule has 0 amide bonds. The third kappa shape index (κ3) is 5.67. The van der Waals surface area contributed by atoms with Gasteiger partial charge < -0.3 is 39.5 Å². The summed E-state index contributed by atoms with van der Waals surface area (Å²) in [5, 5.41) is 24.6. The van der Waals surface area contributed by atoms with Gasteiger partial charge in [0.1, 0.15) is 18.3 Å². The van der Waals surface area contributed by atoms with Crippen molar-refractivity contribution >= 4 is 43.8 Å². The highest BCUT2D eigenvalue weighted by Crippen LogP contribution is 2.56. The van der Waals surface area contributed by atoms with E-state index in [1.54, 1.807) is 0 Å². The fourth-order valence-electron chi connectivity index (χ4n) is 5.44. The van der Waals surface area contributed by atoms with E-state index >= 15 is 0 Å². The summed E-state index contributed by atoms with van der Waals surface area (Å²) in [6.07, 6.45) is -1.29. The van der Waals surface area contributed by atoms with Crippen LogP contribution in [0.3, 0.4) is 0 Å². The summed E-state index contributed by atoms with van der Waals surface area (Å²) in [4.78, 5) is 40.6. The second-order valence-corrected chi connectivity index (χ2v) is 15.2. The van der Waals surface area contributed by atoms with Crippen LogP contribution in [-0.4, -0.2) is 81.3 Å². The van der Waals surface area contributed by atoms with E-state index in [9.17, 15) is 24.2 Å². The molecule has 1 aliphatic carbocycles. The smallest absolute Gasteiger partial charge is 0.340 e. The number of nitrogens with one attached hydrogen (secondary N) is 1. The molecule has 6 N–H and O–H groups in total. The lowest BCUT2D eigenvalue weighted by Gasteiger charge is -2.42. The van der Waals surface area contributed by atoms with Crippen molar-refractivity contribution in [1.29, 1.82) is 0 Å². The van der Waals surface area contributed by atoms with Crippen molar-refractivity contribution in [1.82, 2.24) is 19.5 Å². The molecule has 0 aromatic carbocycles. The van der Waals surface area contributed by atoms with Gasteiger partial charge in [0, 0.05) is 6.04 Å². The molecule has 7 atom stereocenters. The summed E-state index contributed by atoms with van der Waals surface area (Å²) in [6, 6.07) is 0.0980. The number of hydrogen-bond acceptors (Lipinski definition) is 10. The summed E-state index contributed by atoms with van der Waals surface area (Å²) < 4.78 is 34.9. The van der Waals surface area contributed by atoms with Gasteiger partial charge in [0.25, 0.3) is 0 Å². The van der Waals surface area contributed by atoms with Crippen LogP contribution in [0.5, 0.6) is 0 Å². The molecule has 17 heteroatoms. The number of aliphatic hydroxyl groups excluding tert-OH is 2.